The number of hydrogen-bond acceptors (Lipinski definition) is 4. The fraction of sp³-hybridized carbons (Fsp3) is 0.286. The van der Waals surface area contributed by atoms with E-state index >= 15 is 0 Å². The van der Waals surface area contributed by atoms with Crippen LogP contribution in [0.4, 0.5) is 5.69 Å². The molecule has 0 radical (unpaired) electrons. The molecule has 0 spiro atoms. The molecular formula is C21H21N3O3. The Bertz CT molecular complexity index is 898. The minimum Gasteiger partial charge on any atom is -0.496 e. The van der Waals surface area contributed by atoms with E-state index in [0.29, 0.717) is 37.1 Å². The quantitative estimate of drug-likeness (QED) is 0.740. The van der Waals surface area contributed by atoms with Crippen LogP contribution in [0.3, 0.4) is 0 Å². The van der Waals surface area contributed by atoms with E-state index in [-0.39, 0.29) is 11.8 Å². The largest absolute Gasteiger partial charge is 0.496 e. The number of methoxy groups -OCH3 is 1. The molecule has 6 nitrogen and oxygen atoms in total. The number of para-hydroxylation sites is 2. The first kappa shape index (κ1) is 18.5. The summed E-state index contributed by atoms with van der Waals surface area (Å²) in [6.45, 7) is 0.420. The smallest absolute Gasteiger partial charge is 0.240 e. The summed E-state index contributed by atoms with van der Waals surface area (Å²) >= 11 is 0. The van der Waals surface area contributed by atoms with E-state index in [1.807, 2.05) is 30.3 Å². The standard InChI is InChI=1S/C21H21N3O3/c1-27-18-9-5-3-6-15(18)10-13-23-19(25)21(11-12-21)20(26)24-17-8-4-2-7-16(17)14-22/h2-9H,10-13H2,1H3,(H,23,25)(H,24,26). The van der Waals surface area contributed by atoms with Crippen molar-refractivity contribution in [1.29, 1.82) is 5.26 Å². The van der Waals surface area contributed by atoms with Crippen LogP contribution < -0.4 is 15.4 Å². The van der Waals surface area contributed by atoms with E-state index in [1.54, 1.807) is 31.4 Å². The molecule has 2 aromatic rings. The highest BCUT2D eigenvalue weighted by atomic mass is 16.5. The molecule has 0 aliphatic heterocycles. The lowest BCUT2D eigenvalue weighted by Crippen LogP contribution is -2.40. The number of anilines is 1. The van der Waals surface area contributed by atoms with Gasteiger partial charge in [0.1, 0.15) is 17.2 Å². The molecule has 0 bridgehead atoms. The summed E-state index contributed by atoms with van der Waals surface area (Å²) in [6, 6.07) is 16.4. The highest BCUT2D eigenvalue weighted by Gasteiger charge is 2.56. The van der Waals surface area contributed by atoms with Gasteiger partial charge in [-0.2, -0.15) is 5.26 Å². The topological polar surface area (TPSA) is 91.2 Å². The maximum atomic E-state index is 12.6. The van der Waals surface area contributed by atoms with Crippen LogP contribution in [0.25, 0.3) is 0 Å². The zero-order chi connectivity index (χ0) is 19.3. The molecule has 3 rings (SSSR count). The molecule has 1 fully saturated rings. The van der Waals surface area contributed by atoms with Crippen LogP contribution in [0.15, 0.2) is 48.5 Å². The van der Waals surface area contributed by atoms with Gasteiger partial charge in [0, 0.05) is 6.54 Å². The normalized spacial score (nSPS) is 13.9. The summed E-state index contributed by atoms with van der Waals surface area (Å²) in [4.78, 5) is 25.2. The van der Waals surface area contributed by atoms with Crippen molar-refractivity contribution in [1.82, 2.24) is 5.32 Å². The number of carbonyl (C=O) groups is 2. The van der Waals surface area contributed by atoms with E-state index in [2.05, 4.69) is 10.6 Å². The molecule has 0 aromatic heterocycles. The van der Waals surface area contributed by atoms with Crippen LogP contribution in [0.5, 0.6) is 5.75 Å². The molecule has 2 amide bonds. The van der Waals surface area contributed by atoms with E-state index in [9.17, 15) is 9.59 Å². The predicted molar refractivity (Wildman–Crippen MR) is 101 cm³/mol. The van der Waals surface area contributed by atoms with Crippen LogP contribution >= 0.6 is 0 Å². The highest BCUT2D eigenvalue weighted by molar-refractivity contribution is 6.13. The summed E-state index contributed by atoms with van der Waals surface area (Å²) < 4.78 is 5.31. The molecule has 1 aliphatic carbocycles. The summed E-state index contributed by atoms with van der Waals surface area (Å²) in [6.07, 6.45) is 1.63. The van der Waals surface area contributed by atoms with Crippen molar-refractivity contribution in [2.45, 2.75) is 19.3 Å². The number of nitrogens with one attached hydrogen (secondary N) is 2. The SMILES string of the molecule is COc1ccccc1CCNC(=O)C1(C(=O)Nc2ccccc2C#N)CC1. The van der Waals surface area contributed by atoms with E-state index in [4.69, 9.17) is 10.00 Å². The third kappa shape index (κ3) is 3.93. The minimum absolute atomic E-state index is 0.274. The fourth-order valence-corrected chi connectivity index (χ4v) is 3.00. The fourth-order valence-electron chi connectivity index (χ4n) is 3.00. The monoisotopic (exact) mass is 363 g/mol. The highest BCUT2D eigenvalue weighted by Crippen LogP contribution is 2.47. The zero-order valence-electron chi connectivity index (χ0n) is 15.1. The summed E-state index contributed by atoms with van der Waals surface area (Å²) in [5.74, 6) is 0.142. The minimum atomic E-state index is -1.04. The van der Waals surface area contributed by atoms with Crippen molar-refractivity contribution >= 4 is 17.5 Å². The molecule has 0 heterocycles. The number of carbonyl (C=O) groups excluding carboxylic acids is 2. The first-order valence-electron chi connectivity index (χ1n) is 8.81. The van der Waals surface area contributed by atoms with Crippen molar-refractivity contribution in [2.24, 2.45) is 5.41 Å². The zero-order valence-corrected chi connectivity index (χ0v) is 15.1. The number of benzene rings is 2. The summed E-state index contributed by atoms with van der Waals surface area (Å²) in [5.41, 5.74) is 0.762. The Morgan fingerprint density at radius 2 is 1.81 bits per heavy atom. The molecule has 0 atom stereocenters. The van der Waals surface area contributed by atoms with Gasteiger partial charge in [-0.1, -0.05) is 30.3 Å². The van der Waals surface area contributed by atoms with Crippen LogP contribution in [-0.4, -0.2) is 25.5 Å². The van der Waals surface area contributed by atoms with Gasteiger partial charge in [0.25, 0.3) is 0 Å². The predicted octanol–water partition coefficient (Wildman–Crippen LogP) is 2.64. The second kappa shape index (κ2) is 7.92. The molecule has 0 unspecified atom stereocenters. The number of amides is 2. The van der Waals surface area contributed by atoms with Gasteiger partial charge in [0.15, 0.2) is 0 Å². The van der Waals surface area contributed by atoms with Gasteiger partial charge in [-0.25, -0.2) is 0 Å². The second-order valence-electron chi connectivity index (χ2n) is 6.51. The lowest BCUT2D eigenvalue weighted by molar-refractivity contribution is -0.134. The van der Waals surface area contributed by atoms with E-state index in [0.717, 1.165) is 11.3 Å². The maximum absolute atomic E-state index is 12.6. The van der Waals surface area contributed by atoms with Gasteiger partial charge in [-0.3, -0.25) is 9.59 Å². The van der Waals surface area contributed by atoms with Gasteiger partial charge in [0.2, 0.25) is 11.8 Å². The van der Waals surface area contributed by atoms with Crippen LogP contribution in [-0.2, 0) is 16.0 Å². The third-order valence-electron chi connectivity index (χ3n) is 4.79. The first-order valence-corrected chi connectivity index (χ1v) is 8.81. The lowest BCUT2D eigenvalue weighted by Gasteiger charge is -2.16. The van der Waals surface area contributed by atoms with Gasteiger partial charge in [0.05, 0.1) is 18.4 Å². The van der Waals surface area contributed by atoms with Crippen LogP contribution in [0.2, 0.25) is 0 Å². The van der Waals surface area contributed by atoms with E-state index < -0.39 is 5.41 Å². The van der Waals surface area contributed by atoms with Crippen molar-refractivity contribution in [3.05, 3.63) is 59.7 Å². The molecule has 2 N–H and O–H groups in total. The Kier molecular flexibility index (Phi) is 5.41. The summed E-state index contributed by atoms with van der Waals surface area (Å²) in [5, 5.41) is 14.7. The Morgan fingerprint density at radius 3 is 2.52 bits per heavy atom. The van der Waals surface area contributed by atoms with Crippen LogP contribution in [0, 0.1) is 16.7 Å². The molecule has 138 valence electrons. The first-order chi connectivity index (χ1) is 13.1. The van der Waals surface area contributed by atoms with Crippen LogP contribution in [0.1, 0.15) is 24.0 Å². The van der Waals surface area contributed by atoms with Gasteiger partial charge in [-0.05, 0) is 43.0 Å². The summed E-state index contributed by atoms with van der Waals surface area (Å²) in [7, 11) is 1.61. The molecule has 1 aliphatic rings. The number of ether oxygens (including phenoxy) is 1. The number of nitrogens with zero attached hydrogens (tertiary/aromatic N) is 1. The Balaban J connectivity index is 1.59. The van der Waals surface area contributed by atoms with Crippen molar-refractivity contribution < 1.29 is 14.3 Å². The lowest BCUT2D eigenvalue weighted by atomic mass is 10.0. The molecular weight excluding hydrogens is 342 g/mol. The Hall–Kier alpha value is -3.33. The van der Waals surface area contributed by atoms with Gasteiger partial charge in [-0.15, -0.1) is 0 Å². The maximum Gasteiger partial charge on any atom is 0.240 e. The molecule has 2 aromatic carbocycles. The van der Waals surface area contributed by atoms with Crippen molar-refractivity contribution in [3.63, 3.8) is 0 Å². The molecule has 0 saturated heterocycles. The van der Waals surface area contributed by atoms with E-state index in [1.165, 1.54) is 0 Å². The van der Waals surface area contributed by atoms with Crippen molar-refractivity contribution in [3.8, 4) is 11.8 Å². The van der Waals surface area contributed by atoms with Gasteiger partial charge < -0.3 is 15.4 Å². The Labute approximate surface area is 158 Å². The average molecular weight is 363 g/mol. The molecule has 27 heavy (non-hydrogen) atoms. The average Bonchev–Trinajstić information content (AvgIpc) is 3.51. The Morgan fingerprint density at radius 1 is 1.11 bits per heavy atom. The molecule has 6 heteroatoms. The number of nitriles is 1. The number of hydrogen-bond donors (Lipinski definition) is 2. The second-order valence-corrected chi connectivity index (χ2v) is 6.51. The van der Waals surface area contributed by atoms with Crippen molar-refractivity contribution in [2.75, 3.05) is 19.0 Å². The number of rotatable bonds is 7. The van der Waals surface area contributed by atoms with Gasteiger partial charge >= 0.3 is 0 Å². The third-order valence-corrected chi connectivity index (χ3v) is 4.79. The molecule has 1 saturated carbocycles.